The summed E-state index contributed by atoms with van der Waals surface area (Å²) in [5.74, 6) is -0.793. The number of carbonyl (C=O) groups excluding carboxylic acids is 3. The number of hydrogen-bond acceptors (Lipinski definition) is 13. The molecule has 4 N–H and O–H groups in total. The maximum Gasteiger partial charge on any atom is 0.408 e. The molecule has 0 saturated heterocycles. The molecule has 4 aromatic rings. The number of carbonyl (C=O) groups is 3. The van der Waals surface area contributed by atoms with E-state index in [4.69, 9.17) is 29.2 Å². The average Bonchev–Trinajstić information content (AvgIpc) is 3.51. The molecule has 0 aliphatic carbocycles. The Labute approximate surface area is 295 Å². The summed E-state index contributed by atoms with van der Waals surface area (Å²) in [7, 11) is -3.91. The first-order valence-corrected chi connectivity index (χ1v) is 18.2. The summed E-state index contributed by atoms with van der Waals surface area (Å²) in [4.78, 5) is 50.3. The number of fused-ring (bicyclic) bond motifs is 1. The second-order valence-corrected chi connectivity index (χ2v) is 13.9. The van der Waals surface area contributed by atoms with E-state index >= 15 is 0 Å². The first-order chi connectivity index (χ1) is 24.4. The highest BCUT2D eigenvalue weighted by Gasteiger charge is 2.32. The van der Waals surface area contributed by atoms with Gasteiger partial charge in [-0.1, -0.05) is 42.5 Å². The van der Waals surface area contributed by atoms with Gasteiger partial charge in [0.15, 0.2) is 11.5 Å². The van der Waals surface area contributed by atoms with Crippen LogP contribution in [-0.2, 0) is 52.7 Å². The zero-order valence-electron chi connectivity index (χ0n) is 29.2. The van der Waals surface area contributed by atoms with E-state index in [-0.39, 0.29) is 37.3 Å². The number of hydrogen-bond donors (Lipinski definition) is 3. The SMILES string of the molecule is CCOC(=O)[C@H](Cc1ccc(O[P@](=O)(CO[C@H](C)Cn2cnc3c(N)ncnc32)N[C@@H](C)C(=O)OC(C)C)cc1)NC(=O)OCc1ccccc1. The summed E-state index contributed by atoms with van der Waals surface area (Å²) >= 11 is 0. The van der Waals surface area contributed by atoms with Crippen molar-refractivity contribution in [2.24, 2.45) is 0 Å². The van der Waals surface area contributed by atoms with Gasteiger partial charge >= 0.3 is 25.6 Å². The maximum atomic E-state index is 14.2. The van der Waals surface area contributed by atoms with Crippen LogP contribution in [0.3, 0.4) is 0 Å². The minimum absolute atomic E-state index is 0.0309. The lowest BCUT2D eigenvalue weighted by Crippen LogP contribution is -2.43. The molecule has 0 spiro atoms. The molecule has 17 heteroatoms. The second-order valence-electron chi connectivity index (χ2n) is 11.9. The van der Waals surface area contributed by atoms with Crippen LogP contribution in [0.2, 0.25) is 0 Å². The van der Waals surface area contributed by atoms with E-state index in [1.54, 1.807) is 62.9 Å². The fraction of sp³-hybridized carbons (Fsp3) is 0.412. The van der Waals surface area contributed by atoms with Crippen molar-refractivity contribution in [3.05, 3.63) is 78.4 Å². The molecular weight excluding hydrogens is 681 g/mol. The predicted octanol–water partition coefficient (Wildman–Crippen LogP) is 4.37. The van der Waals surface area contributed by atoms with Gasteiger partial charge in [0, 0.05) is 6.42 Å². The molecule has 0 saturated carbocycles. The van der Waals surface area contributed by atoms with E-state index < -0.39 is 50.1 Å². The molecule has 4 atom stereocenters. The van der Waals surface area contributed by atoms with Crippen molar-refractivity contribution >= 4 is 42.5 Å². The summed E-state index contributed by atoms with van der Waals surface area (Å²) in [6.45, 7) is 8.82. The van der Waals surface area contributed by atoms with Gasteiger partial charge in [-0.2, -0.15) is 0 Å². The quantitative estimate of drug-likeness (QED) is 0.0740. The van der Waals surface area contributed by atoms with Gasteiger partial charge in [0.1, 0.15) is 42.6 Å². The van der Waals surface area contributed by atoms with Crippen molar-refractivity contribution in [3.63, 3.8) is 0 Å². The number of imidazole rings is 1. The largest absolute Gasteiger partial charge is 0.464 e. The van der Waals surface area contributed by atoms with Crippen molar-refractivity contribution in [1.82, 2.24) is 29.9 Å². The van der Waals surface area contributed by atoms with Crippen molar-refractivity contribution in [2.45, 2.75) is 78.5 Å². The Morgan fingerprint density at radius 2 is 1.65 bits per heavy atom. The topological polar surface area (TPSA) is 208 Å². The Kier molecular flexibility index (Phi) is 13.9. The Hall–Kier alpha value is -5.05. The minimum Gasteiger partial charge on any atom is -0.464 e. The second kappa shape index (κ2) is 18.3. The Morgan fingerprint density at radius 1 is 0.922 bits per heavy atom. The Bertz CT molecular complexity index is 1800. The third-order valence-corrected chi connectivity index (χ3v) is 8.98. The van der Waals surface area contributed by atoms with E-state index in [0.29, 0.717) is 23.3 Å². The molecule has 0 bridgehead atoms. The van der Waals surface area contributed by atoms with Crippen molar-refractivity contribution in [1.29, 1.82) is 0 Å². The van der Waals surface area contributed by atoms with Gasteiger partial charge in [-0.15, -0.1) is 0 Å². The van der Waals surface area contributed by atoms with Crippen molar-refractivity contribution < 1.29 is 42.4 Å². The number of nitrogens with zero attached hydrogens (tertiary/aromatic N) is 4. The number of esters is 2. The third kappa shape index (κ3) is 11.8. The Morgan fingerprint density at radius 3 is 2.33 bits per heavy atom. The monoisotopic (exact) mass is 725 g/mol. The standard InChI is InChI=1S/C34H44N7O9P/c1-6-46-33(43)28(39-34(44)47-18-26-10-8-7-9-11-26)16-25-12-14-27(15-13-25)50-51(45,40-24(5)32(42)49-22(2)3)21-48-23(4)17-41-20-38-29-30(35)36-19-37-31(29)41/h7-15,19-20,22-24,28H,6,16-18,21H2,1-5H3,(H,39,44)(H,40,45)(H2,35,36,37)/t23-,24+,28+,51-/m1/s1. The van der Waals surface area contributed by atoms with Crippen LogP contribution in [0.15, 0.2) is 67.3 Å². The van der Waals surface area contributed by atoms with Crippen LogP contribution >= 0.6 is 7.52 Å². The predicted molar refractivity (Wildman–Crippen MR) is 188 cm³/mol. The number of nitrogens with two attached hydrogens (primary N) is 1. The van der Waals surface area contributed by atoms with Crippen molar-refractivity contribution in [3.8, 4) is 5.75 Å². The first kappa shape index (κ1) is 38.7. The van der Waals surface area contributed by atoms with Crippen molar-refractivity contribution in [2.75, 3.05) is 18.7 Å². The number of aromatic nitrogens is 4. The highest BCUT2D eigenvalue weighted by atomic mass is 31.2. The van der Waals surface area contributed by atoms with Crippen LogP contribution in [-0.4, -0.2) is 74.8 Å². The third-order valence-electron chi connectivity index (χ3n) is 7.20. The van der Waals surface area contributed by atoms with Gasteiger partial charge in [0.2, 0.25) is 0 Å². The molecule has 274 valence electrons. The number of alkyl carbamates (subject to hydrolysis) is 1. The smallest absolute Gasteiger partial charge is 0.408 e. The summed E-state index contributed by atoms with van der Waals surface area (Å²) in [5, 5.41) is 5.35. The number of nitrogens with one attached hydrogen (secondary N) is 2. The zero-order chi connectivity index (χ0) is 37.0. The fourth-order valence-electron chi connectivity index (χ4n) is 4.80. The molecule has 2 aromatic carbocycles. The Balaban J connectivity index is 1.43. The van der Waals surface area contributed by atoms with Crippen LogP contribution in [0.1, 0.15) is 45.7 Å². The van der Waals surface area contributed by atoms with Crippen LogP contribution in [0.25, 0.3) is 11.2 Å². The van der Waals surface area contributed by atoms with E-state index in [1.807, 2.05) is 30.3 Å². The highest BCUT2D eigenvalue weighted by molar-refractivity contribution is 7.57. The lowest BCUT2D eigenvalue weighted by molar-refractivity contribution is -0.149. The molecule has 0 aliphatic heterocycles. The molecule has 4 rings (SSSR count). The molecule has 0 radical (unpaired) electrons. The maximum absolute atomic E-state index is 14.2. The van der Waals surface area contributed by atoms with Crippen LogP contribution in [0.4, 0.5) is 10.6 Å². The first-order valence-electron chi connectivity index (χ1n) is 16.4. The number of rotatable bonds is 18. The molecule has 2 heterocycles. The van der Waals surface area contributed by atoms with E-state index in [2.05, 4.69) is 25.4 Å². The van der Waals surface area contributed by atoms with E-state index in [9.17, 15) is 18.9 Å². The molecule has 0 unspecified atom stereocenters. The fourth-order valence-corrected chi connectivity index (χ4v) is 6.58. The van der Waals surface area contributed by atoms with Crippen LogP contribution in [0.5, 0.6) is 5.75 Å². The van der Waals surface area contributed by atoms with Crippen LogP contribution < -0.4 is 20.7 Å². The van der Waals surface area contributed by atoms with Gasteiger partial charge in [-0.3, -0.25) is 9.36 Å². The summed E-state index contributed by atoms with van der Waals surface area (Å²) in [6, 6.07) is 13.5. The molecular formula is C34H44N7O9P. The normalized spacial score (nSPS) is 14.2. The summed E-state index contributed by atoms with van der Waals surface area (Å²) in [5.41, 5.74) is 8.30. The zero-order valence-corrected chi connectivity index (χ0v) is 30.1. The lowest BCUT2D eigenvalue weighted by atomic mass is 10.1. The average molecular weight is 726 g/mol. The molecule has 1 amide bonds. The van der Waals surface area contributed by atoms with Gasteiger partial charge in [-0.25, -0.2) is 29.6 Å². The summed E-state index contributed by atoms with van der Waals surface area (Å²) < 4.78 is 43.6. The van der Waals surface area contributed by atoms with E-state index in [0.717, 1.165) is 5.56 Å². The minimum atomic E-state index is -3.91. The summed E-state index contributed by atoms with van der Waals surface area (Å²) in [6.07, 6.45) is 0.918. The number of anilines is 1. The van der Waals surface area contributed by atoms with E-state index in [1.165, 1.54) is 13.3 Å². The van der Waals surface area contributed by atoms with Crippen LogP contribution in [0, 0.1) is 0 Å². The number of nitrogen functional groups attached to an aromatic ring is 1. The highest BCUT2D eigenvalue weighted by Crippen LogP contribution is 2.44. The molecule has 0 fully saturated rings. The number of benzene rings is 2. The molecule has 51 heavy (non-hydrogen) atoms. The number of ether oxygens (including phenoxy) is 4. The lowest BCUT2D eigenvalue weighted by Gasteiger charge is -2.25. The van der Waals surface area contributed by atoms with Gasteiger partial charge < -0.3 is 39.1 Å². The molecule has 0 aliphatic rings. The van der Waals surface area contributed by atoms with Gasteiger partial charge in [-0.05, 0) is 57.9 Å². The molecule has 16 nitrogen and oxygen atoms in total. The van der Waals surface area contributed by atoms with Gasteiger partial charge in [0.25, 0.3) is 0 Å². The molecule has 2 aromatic heterocycles. The van der Waals surface area contributed by atoms with Gasteiger partial charge in [0.05, 0.1) is 31.7 Å². The number of amides is 1.